The van der Waals surface area contributed by atoms with Gasteiger partial charge in [0, 0.05) is 0 Å². The van der Waals surface area contributed by atoms with Crippen LogP contribution in [-0.4, -0.2) is 62.9 Å². The van der Waals surface area contributed by atoms with Crippen molar-refractivity contribution in [2.45, 2.75) is 75.4 Å². The van der Waals surface area contributed by atoms with Gasteiger partial charge in [-0.3, -0.25) is 14.4 Å². The summed E-state index contributed by atoms with van der Waals surface area (Å²) in [6.07, 6.45) is 5.40. The first kappa shape index (κ1) is 25.2. The highest BCUT2D eigenvalue weighted by Gasteiger charge is 2.35. The lowest BCUT2D eigenvalue weighted by Crippen LogP contribution is -2.54. The lowest BCUT2D eigenvalue weighted by atomic mass is 9.83. The number of hydrogen-bond donors (Lipinski definition) is 7. The van der Waals surface area contributed by atoms with Crippen LogP contribution in [0.4, 0.5) is 0 Å². The average molecular weight is 390 g/mol. The van der Waals surface area contributed by atoms with E-state index in [1.54, 1.807) is 0 Å². The molecule has 1 heterocycles. The molecule has 27 heavy (non-hydrogen) atoms. The van der Waals surface area contributed by atoms with E-state index in [9.17, 15) is 14.4 Å². The van der Waals surface area contributed by atoms with Crippen molar-refractivity contribution < 1.29 is 29.7 Å². The van der Waals surface area contributed by atoms with Crippen LogP contribution in [0.25, 0.3) is 0 Å². The van der Waals surface area contributed by atoms with Crippen LogP contribution in [0.2, 0.25) is 0 Å². The number of carboxylic acids is 3. The van der Waals surface area contributed by atoms with Crippen LogP contribution >= 0.6 is 0 Å². The first-order chi connectivity index (χ1) is 12.2. The SMILES string of the molecule is CC(C)(N)C(=O)O.NC1(C(=O)O)CCCCC1.NC1(C(=O)O)CCNCC1. The van der Waals surface area contributed by atoms with Gasteiger partial charge >= 0.3 is 17.9 Å². The molecule has 0 aromatic heterocycles. The maximum atomic E-state index is 10.6. The monoisotopic (exact) mass is 390 g/mol. The van der Waals surface area contributed by atoms with E-state index in [0.29, 0.717) is 38.8 Å². The molecule has 0 amide bonds. The lowest BCUT2D eigenvalue weighted by molar-refractivity contribution is -0.145. The van der Waals surface area contributed by atoms with Gasteiger partial charge in [0.2, 0.25) is 0 Å². The summed E-state index contributed by atoms with van der Waals surface area (Å²) in [5.74, 6) is -2.70. The Morgan fingerprint density at radius 1 is 0.815 bits per heavy atom. The summed E-state index contributed by atoms with van der Waals surface area (Å²) >= 11 is 0. The lowest BCUT2D eigenvalue weighted by Gasteiger charge is -2.29. The fraction of sp³-hybridized carbons (Fsp3) is 0.824. The molecule has 1 saturated carbocycles. The molecular weight excluding hydrogens is 356 g/mol. The van der Waals surface area contributed by atoms with Crippen LogP contribution < -0.4 is 22.5 Å². The molecule has 0 radical (unpaired) electrons. The molecule has 10 nitrogen and oxygen atoms in total. The number of carbonyl (C=O) groups is 3. The first-order valence-corrected chi connectivity index (χ1v) is 9.02. The third kappa shape index (κ3) is 9.14. The predicted molar refractivity (Wildman–Crippen MR) is 100 cm³/mol. The van der Waals surface area contributed by atoms with E-state index in [4.69, 9.17) is 32.5 Å². The molecule has 0 aromatic rings. The van der Waals surface area contributed by atoms with Crippen molar-refractivity contribution in [1.82, 2.24) is 5.32 Å². The Labute approximate surface area is 159 Å². The van der Waals surface area contributed by atoms with Crippen LogP contribution in [0, 0.1) is 0 Å². The standard InChI is InChI=1S/C7H13NO2.C6H12N2O2.C4H9NO2/c8-7(6(9)10)4-2-1-3-5-7;7-6(5(9)10)1-3-8-4-2-6;1-4(2,5)3(6)7/h1-5,8H2,(H,9,10);8H,1-4,7H2,(H,9,10);5H2,1-2H3,(H,6,7). The number of piperidine rings is 1. The Kier molecular flexibility index (Phi) is 9.87. The van der Waals surface area contributed by atoms with Crippen molar-refractivity contribution in [2.75, 3.05) is 13.1 Å². The van der Waals surface area contributed by atoms with Gasteiger partial charge < -0.3 is 37.8 Å². The number of carboxylic acid groups (broad SMARTS) is 3. The summed E-state index contributed by atoms with van der Waals surface area (Å²) in [6, 6.07) is 0. The van der Waals surface area contributed by atoms with E-state index in [-0.39, 0.29) is 0 Å². The van der Waals surface area contributed by atoms with Crippen molar-refractivity contribution >= 4 is 17.9 Å². The predicted octanol–water partition coefficient (Wildman–Crippen LogP) is -0.307. The molecule has 10 N–H and O–H groups in total. The van der Waals surface area contributed by atoms with Gasteiger partial charge in [0.15, 0.2) is 0 Å². The van der Waals surface area contributed by atoms with Gasteiger partial charge in [0.25, 0.3) is 0 Å². The molecule has 0 unspecified atom stereocenters. The number of hydrogen-bond acceptors (Lipinski definition) is 7. The smallest absolute Gasteiger partial charge is 0.323 e. The molecule has 10 heteroatoms. The molecule has 2 aliphatic rings. The topological polar surface area (TPSA) is 202 Å². The van der Waals surface area contributed by atoms with E-state index in [1.807, 2.05) is 0 Å². The highest BCUT2D eigenvalue weighted by molar-refractivity contribution is 5.79. The second kappa shape index (κ2) is 10.5. The third-order valence-corrected chi connectivity index (χ3v) is 4.64. The molecule has 1 saturated heterocycles. The normalized spacial score (nSPS) is 20.8. The molecule has 0 spiro atoms. The molecular formula is C17H34N4O6. The zero-order valence-electron chi connectivity index (χ0n) is 16.2. The maximum Gasteiger partial charge on any atom is 0.323 e. The van der Waals surface area contributed by atoms with Gasteiger partial charge in [0.1, 0.15) is 16.6 Å². The number of nitrogens with two attached hydrogens (primary N) is 3. The second-order valence-corrected chi connectivity index (χ2v) is 7.76. The van der Waals surface area contributed by atoms with Crippen LogP contribution in [0.1, 0.15) is 58.8 Å². The first-order valence-electron chi connectivity index (χ1n) is 9.02. The minimum absolute atomic E-state index is 0.530. The number of nitrogens with one attached hydrogen (secondary N) is 1. The van der Waals surface area contributed by atoms with Gasteiger partial charge in [-0.15, -0.1) is 0 Å². The number of aliphatic carboxylic acids is 3. The van der Waals surface area contributed by atoms with Crippen LogP contribution in [0.3, 0.4) is 0 Å². The third-order valence-electron chi connectivity index (χ3n) is 4.64. The molecule has 158 valence electrons. The summed E-state index contributed by atoms with van der Waals surface area (Å²) in [6.45, 7) is 4.30. The quantitative estimate of drug-likeness (QED) is 0.335. The molecule has 0 atom stereocenters. The summed E-state index contributed by atoms with van der Waals surface area (Å²) in [5.41, 5.74) is 13.3. The highest BCUT2D eigenvalue weighted by Crippen LogP contribution is 2.25. The Morgan fingerprint density at radius 2 is 1.15 bits per heavy atom. The Bertz CT molecular complexity index is 472. The summed E-state index contributed by atoms with van der Waals surface area (Å²) < 4.78 is 0. The van der Waals surface area contributed by atoms with Gasteiger partial charge in [-0.25, -0.2) is 0 Å². The fourth-order valence-electron chi connectivity index (χ4n) is 2.48. The Balaban J connectivity index is 0.000000384. The zero-order chi connectivity index (χ0) is 21.3. The molecule has 2 fully saturated rings. The maximum absolute atomic E-state index is 10.6. The second-order valence-electron chi connectivity index (χ2n) is 7.76. The highest BCUT2D eigenvalue weighted by atomic mass is 16.4. The largest absolute Gasteiger partial charge is 0.480 e. The van der Waals surface area contributed by atoms with Crippen molar-refractivity contribution in [2.24, 2.45) is 17.2 Å². The summed E-state index contributed by atoms with van der Waals surface area (Å²) in [4.78, 5) is 31.0. The van der Waals surface area contributed by atoms with E-state index in [0.717, 1.165) is 19.3 Å². The van der Waals surface area contributed by atoms with Crippen molar-refractivity contribution in [3.63, 3.8) is 0 Å². The van der Waals surface area contributed by atoms with Gasteiger partial charge in [-0.05, 0) is 52.6 Å². The fourth-order valence-corrected chi connectivity index (χ4v) is 2.48. The van der Waals surface area contributed by atoms with Crippen LogP contribution in [-0.2, 0) is 14.4 Å². The number of rotatable bonds is 3. The Morgan fingerprint density at radius 3 is 1.37 bits per heavy atom. The minimum atomic E-state index is -1.08. The van der Waals surface area contributed by atoms with Gasteiger partial charge in [-0.1, -0.05) is 19.3 Å². The zero-order valence-corrected chi connectivity index (χ0v) is 16.2. The molecule has 0 bridgehead atoms. The van der Waals surface area contributed by atoms with Crippen molar-refractivity contribution in [3.05, 3.63) is 0 Å². The van der Waals surface area contributed by atoms with Crippen molar-refractivity contribution in [3.8, 4) is 0 Å². The molecule has 1 aliphatic carbocycles. The summed E-state index contributed by atoms with van der Waals surface area (Å²) in [7, 11) is 0. The van der Waals surface area contributed by atoms with E-state index in [1.165, 1.54) is 13.8 Å². The minimum Gasteiger partial charge on any atom is -0.480 e. The van der Waals surface area contributed by atoms with Gasteiger partial charge in [-0.2, -0.15) is 0 Å². The summed E-state index contributed by atoms with van der Waals surface area (Å²) in [5, 5.41) is 28.5. The van der Waals surface area contributed by atoms with E-state index >= 15 is 0 Å². The van der Waals surface area contributed by atoms with E-state index < -0.39 is 34.5 Å². The Hall–Kier alpha value is -1.75. The molecule has 2 rings (SSSR count). The van der Waals surface area contributed by atoms with Crippen molar-refractivity contribution in [1.29, 1.82) is 0 Å². The molecule has 1 aliphatic heterocycles. The van der Waals surface area contributed by atoms with Crippen LogP contribution in [0.5, 0.6) is 0 Å². The van der Waals surface area contributed by atoms with Gasteiger partial charge in [0.05, 0.1) is 0 Å². The van der Waals surface area contributed by atoms with Crippen LogP contribution in [0.15, 0.2) is 0 Å². The molecule has 0 aromatic carbocycles. The average Bonchev–Trinajstić information content (AvgIpc) is 2.56. The van der Waals surface area contributed by atoms with E-state index in [2.05, 4.69) is 5.32 Å².